The second-order valence-electron chi connectivity index (χ2n) is 5.42. The number of rotatable bonds is 3. The van der Waals surface area contributed by atoms with Crippen LogP contribution < -0.4 is 11.1 Å². The molecule has 0 aliphatic carbocycles. The van der Waals surface area contributed by atoms with E-state index in [1.54, 1.807) is 0 Å². The normalized spacial score (nSPS) is 16.1. The van der Waals surface area contributed by atoms with Crippen molar-refractivity contribution < 1.29 is 22.8 Å². The third kappa shape index (κ3) is 4.45. The third-order valence-corrected chi connectivity index (χ3v) is 3.78. The number of amides is 2. The smallest absolute Gasteiger partial charge is 0.332 e. The number of nitrogens with two attached hydrogens (primary N) is 1. The van der Waals surface area contributed by atoms with Crippen LogP contribution in [-0.4, -0.2) is 60.9 Å². The largest absolute Gasteiger partial charge is 0.418 e. The van der Waals surface area contributed by atoms with Gasteiger partial charge in [0.2, 0.25) is 0 Å². The Morgan fingerprint density at radius 1 is 1.12 bits per heavy atom. The molecule has 1 heterocycles. The lowest BCUT2D eigenvalue weighted by atomic mass is 10.1. The summed E-state index contributed by atoms with van der Waals surface area (Å²) in [5.74, 6) is -1.90. The molecule has 2 amide bonds. The monoisotopic (exact) mass is 344 g/mol. The Bertz CT molecular complexity index is 599. The molecule has 0 spiro atoms. The number of carbonyl (C=O) groups is 2. The van der Waals surface area contributed by atoms with Crippen LogP contribution in [0.5, 0.6) is 0 Å². The molecule has 1 fully saturated rings. The van der Waals surface area contributed by atoms with Gasteiger partial charge in [0, 0.05) is 39.3 Å². The van der Waals surface area contributed by atoms with E-state index in [0.717, 1.165) is 12.1 Å². The molecule has 24 heavy (non-hydrogen) atoms. The highest BCUT2D eigenvalue weighted by molar-refractivity contribution is 6.39. The maximum absolute atomic E-state index is 12.9. The molecular formula is C15H19F3N4O2. The first-order valence-corrected chi connectivity index (χ1v) is 7.52. The van der Waals surface area contributed by atoms with E-state index < -0.39 is 29.2 Å². The number of alkyl halides is 3. The standard InChI is InChI=1S/C15H19F3N4O2/c16-15(17,18)11-3-1-2-4-12(11)20-13(23)14(24)22-9-7-21(6-5-19)8-10-22/h1-4H,5-10,19H2,(H,20,23). The lowest BCUT2D eigenvalue weighted by molar-refractivity contribution is -0.144. The number of para-hydroxylation sites is 1. The zero-order valence-corrected chi connectivity index (χ0v) is 13.0. The van der Waals surface area contributed by atoms with E-state index in [0.29, 0.717) is 39.3 Å². The molecule has 6 nitrogen and oxygen atoms in total. The van der Waals surface area contributed by atoms with E-state index in [4.69, 9.17) is 5.73 Å². The molecule has 1 saturated heterocycles. The predicted molar refractivity (Wildman–Crippen MR) is 82.1 cm³/mol. The summed E-state index contributed by atoms with van der Waals surface area (Å²) >= 11 is 0. The Morgan fingerprint density at radius 2 is 1.75 bits per heavy atom. The molecule has 0 aromatic heterocycles. The van der Waals surface area contributed by atoms with Crippen molar-refractivity contribution in [3.63, 3.8) is 0 Å². The predicted octanol–water partition coefficient (Wildman–Crippen LogP) is 0.747. The maximum Gasteiger partial charge on any atom is 0.418 e. The Labute approximate surface area is 137 Å². The second-order valence-corrected chi connectivity index (χ2v) is 5.42. The lowest BCUT2D eigenvalue weighted by Crippen LogP contribution is -2.52. The minimum absolute atomic E-state index is 0.340. The van der Waals surface area contributed by atoms with E-state index in [1.165, 1.54) is 17.0 Å². The van der Waals surface area contributed by atoms with Crippen LogP contribution in [0.2, 0.25) is 0 Å². The van der Waals surface area contributed by atoms with Crippen LogP contribution in [0.15, 0.2) is 24.3 Å². The van der Waals surface area contributed by atoms with Crippen molar-refractivity contribution in [1.82, 2.24) is 9.80 Å². The highest BCUT2D eigenvalue weighted by Gasteiger charge is 2.34. The van der Waals surface area contributed by atoms with Crippen molar-refractivity contribution >= 4 is 17.5 Å². The van der Waals surface area contributed by atoms with Crippen molar-refractivity contribution in [2.24, 2.45) is 5.73 Å². The maximum atomic E-state index is 12.9. The van der Waals surface area contributed by atoms with E-state index >= 15 is 0 Å². The summed E-state index contributed by atoms with van der Waals surface area (Å²) in [6.45, 7) is 3.04. The number of hydrogen-bond donors (Lipinski definition) is 2. The van der Waals surface area contributed by atoms with Crippen LogP contribution in [0.3, 0.4) is 0 Å². The van der Waals surface area contributed by atoms with Crippen LogP contribution in [0.4, 0.5) is 18.9 Å². The molecular weight excluding hydrogens is 325 g/mol. The summed E-state index contributed by atoms with van der Waals surface area (Å²) in [7, 11) is 0. The number of nitrogens with one attached hydrogen (secondary N) is 1. The first-order chi connectivity index (χ1) is 11.3. The van der Waals surface area contributed by atoms with E-state index in [-0.39, 0.29) is 0 Å². The van der Waals surface area contributed by atoms with Crippen LogP contribution >= 0.6 is 0 Å². The molecule has 3 N–H and O–H groups in total. The number of anilines is 1. The SMILES string of the molecule is NCCN1CCN(C(=O)C(=O)Nc2ccccc2C(F)(F)F)CC1. The molecule has 0 bridgehead atoms. The summed E-state index contributed by atoms with van der Waals surface area (Å²) < 4.78 is 38.7. The quantitative estimate of drug-likeness (QED) is 0.793. The number of halogens is 3. The fraction of sp³-hybridized carbons (Fsp3) is 0.467. The minimum Gasteiger partial charge on any atom is -0.332 e. The lowest BCUT2D eigenvalue weighted by Gasteiger charge is -2.34. The zero-order chi connectivity index (χ0) is 17.7. The molecule has 0 atom stereocenters. The summed E-state index contributed by atoms with van der Waals surface area (Å²) in [6, 6.07) is 4.55. The van der Waals surface area contributed by atoms with Crippen molar-refractivity contribution in [1.29, 1.82) is 0 Å². The van der Waals surface area contributed by atoms with Gasteiger partial charge in [-0.25, -0.2) is 0 Å². The van der Waals surface area contributed by atoms with Gasteiger partial charge in [0.05, 0.1) is 11.3 Å². The van der Waals surface area contributed by atoms with Gasteiger partial charge in [-0.2, -0.15) is 13.2 Å². The average Bonchev–Trinajstić information content (AvgIpc) is 2.54. The molecule has 132 valence electrons. The fourth-order valence-corrected chi connectivity index (χ4v) is 2.52. The van der Waals surface area contributed by atoms with Gasteiger partial charge in [-0.15, -0.1) is 0 Å². The fourth-order valence-electron chi connectivity index (χ4n) is 2.52. The van der Waals surface area contributed by atoms with Crippen molar-refractivity contribution in [3.05, 3.63) is 29.8 Å². The van der Waals surface area contributed by atoms with E-state index in [9.17, 15) is 22.8 Å². The van der Waals surface area contributed by atoms with Crippen molar-refractivity contribution in [3.8, 4) is 0 Å². The minimum atomic E-state index is -4.61. The highest BCUT2D eigenvalue weighted by Crippen LogP contribution is 2.34. The summed E-state index contributed by atoms with van der Waals surface area (Å²) in [5, 5.41) is 2.07. The molecule has 9 heteroatoms. The van der Waals surface area contributed by atoms with Gasteiger partial charge in [-0.05, 0) is 12.1 Å². The van der Waals surface area contributed by atoms with E-state index in [2.05, 4.69) is 10.2 Å². The molecule has 1 aliphatic heterocycles. The Morgan fingerprint density at radius 3 is 2.33 bits per heavy atom. The van der Waals surface area contributed by atoms with Crippen LogP contribution in [0.1, 0.15) is 5.56 Å². The topological polar surface area (TPSA) is 78.7 Å². The van der Waals surface area contributed by atoms with Gasteiger partial charge < -0.3 is 16.0 Å². The average molecular weight is 344 g/mol. The number of benzene rings is 1. The Kier molecular flexibility index (Phi) is 5.79. The van der Waals surface area contributed by atoms with Gasteiger partial charge in [0.25, 0.3) is 0 Å². The molecule has 0 radical (unpaired) electrons. The first kappa shape index (κ1) is 18.2. The van der Waals surface area contributed by atoms with Gasteiger partial charge in [-0.3, -0.25) is 14.5 Å². The zero-order valence-electron chi connectivity index (χ0n) is 13.0. The van der Waals surface area contributed by atoms with Crippen LogP contribution in [0, 0.1) is 0 Å². The molecule has 0 unspecified atom stereocenters. The van der Waals surface area contributed by atoms with Crippen LogP contribution in [-0.2, 0) is 15.8 Å². The summed E-state index contributed by atoms with van der Waals surface area (Å²) in [5.41, 5.74) is 4.05. The first-order valence-electron chi connectivity index (χ1n) is 7.52. The van der Waals surface area contributed by atoms with Gasteiger partial charge in [0.1, 0.15) is 0 Å². The van der Waals surface area contributed by atoms with Gasteiger partial charge in [-0.1, -0.05) is 12.1 Å². The number of nitrogens with zero attached hydrogens (tertiary/aromatic N) is 2. The number of hydrogen-bond acceptors (Lipinski definition) is 4. The number of piperazine rings is 1. The molecule has 1 aromatic rings. The molecule has 0 saturated carbocycles. The molecule has 1 aromatic carbocycles. The van der Waals surface area contributed by atoms with Crippen molar-refractivity contribution in [2.75, 3.05) is 44.6 Å². The molecule has 1 aliphatic rings. The summed E-state index contributed by atoms with van der Waals surface area (Å²) in [4.78, 5) is 27.5. The molecule has 2 rings (SSSR count). The van der Waals surface area contributed by atoms with E-state index in [1.807, 2.05) is 0 Å². The Balaban J connectivity index is 2.00. The van der Waals surface area contributed by atoms with Crippen LogP contribution in [0.25, 0.3) is 0 Å². The Hall–Kier alpha value is -2.13. The second kappa shape index (κ2) is 7.63. The summed E-state index contributed by atoms with van der Waals surface area (Å²) in [6.07, 6.45) is -4.61. The van der Waals surface area contributed by atoms with Gasteiger partial charge in [0.15, 0.2) is 0 Å². The van der Waals surface area contributed by atoms with Gasteiger partial charge >= 0.3 is 18.0 Å². The van der Waals surface area contributed by atoms with Crippen molar-refractivity contribution in [2.45, 2.75) is 6.18 Å². The number of carbonyl (C=O) groups excluding carboxylic acids is 2. The third-order valence-electron chi connectivity index (χ3n) is 3.78. The highest BCUT2D eigenvalue weighted by atomic mass is 19.4.